The summed E-state index contributed by atoms with van der Waals surface area (Å²) in [5.74, 6) is 0.643. The smallest absolute Gasteiger partial charge is 0.336 e. The van der Waals surface area contributed by atoms with Gasteiger partial charge in [0.2, 0.25) is 0 Å². The second-order valence-corrected chi connectivity index (χ2v) is 12.0. The van der Waals surface area contributed by atoms with Crippen LogP contribution < -0.4 is 0 Å². The van der Waals surface area contributed by atoms with Crippen molar-refractivity contribution in [2.24, 2.45) is 16.8 Å². The predicted octanol–water partition coefficient (Wildman–Crippen LogP) is 7.07. The molecule has 2 aromatic rings. The lowest BCUT2D eigenvalue weighted by Gasteiger charge is -2.44. The van der Waals surface area contributed by atoms with Crippen LogP contribution in [0, 0.1) is 11.8 Å². The van der Waals surface area contributed by atoms with E-state index in [-0.39, 0.29) is 12.0 Å². The van der Waals surface area contributed by atoms with Crippen molar-refractivity contribution in [3.8, 4) is 0 Å². The minimum atomic E-state index is -0.953. The van der Waals surface area contributed by atoms with Gasteiger partial charge in [0.1, 0.15) is 0 Å². The van der Waals surface area contributed by atoms with Gasteiger partial charge >= 0.3 is 5.97 Å². The van der Waals surface area contributed by atoms with Gasteiger partial charge in [-0.15, -0.1) is 0 Å². The molecule has 0 saturated heterocycles. The molecule has 4 rings (SSSR count). The average Bonchev–Trinajstić information content (AvgIpc) is 3.28. The highest BCUT2D eigenvalue weighted by Crippen LogP contribution is 2.45. The van der Waals surface area contributed by atoms with Gasteiger partial charge in [-0.1, -0.05) is 60.8 Å². The molecular formula is C31H41Cl2N3O2. The van der Waals surface area contributed by atoms with Crippen LogP contribution in [0.3, 0.4) is 0 Å². The molecule has 1 aliphatic carbocycles. The molecule has 1 aliphatic heterocycles. The standard InChI is InChI=1S/C31H41Cl2N3O2/c1-5-6-19-36-21-34-31(30(37)38-4,20-22-7-15-26(32)16-8-22)29(36)25-11-9-23(10-12-25)28(35(2)3)24-13-17-27(33)18-14-24/h7-8,13-18,21,23,25,28-29H,5-6,9-12,19-20H2,1-4H3. The normalized spacial score (nSPS) is 26.1. The van der Waals surface area contributed by atoms with Gasteiger partial charge in [0.05, 0.1) is 19.5 Å². The number of halogens is 2. The molecule has 2 aliphatic rings. The summed E-state index contributed by atoms with van der Waals surface area (Å²) < 4.78 is 5.44. The van der Waals surface area contributed by atoms with Gasteiger partial charge < -0.3 is 14.5 Å². The summed E-state index contributed by atoms with van der Waals surface area (Å²) in [6, 6.07) is 16.4. The van der Waals surface area contributed by atoms with E-state index in [1.165, 1.54) is 12.7 Å². The monoisotopic (exact) mass is 557 g/mol. The Kier molecular flexibility index (Phi) is 9.78. The molecule has 2 aromatic carbocycles. The Hall–Kier alpha value is -2.08. The van der Waals surface area contributed by atoms with Gasteiger partial charge in [0.15, 0.2) is 5.54 Å². The number of carbonyl (C=O) groups is 1. The number of esters is 1. The molecule has 1 saturated carbocycles. The van der Waals surface area contributed by atoms with Crippen LogP contribution in [-0.2, 0) is 16.0 Å². The van der Waals surface area contributed by atoms with E-state index in [4.69, 9.17) is 32.9 Å². The van der Waals surface area contributed by atoms with E-state index in [1.54, 1.807) is 0 Å². The van der Waals surface area contributed by atoms with E-state index in [2.05, 4.69) is 43.0 Å². The van der Waals surface area contributed by atoms with Gasteiger partial charge in [-0.3, -0.25) is 4.99 Å². The van der Waals surface area contributed by atoms with Crippen LogP contribution in [0.5, 0.6) is 0 Å². The van der Waals surface area contributed by atoms with E-state index in [9.17, 15) is 4.79 Å². The molecule has 3 unspecified atom stereocenters. The number of benzene rings is 2. The second-order valence-electron chi connectivity index (χ2n) is 11.1. The predicted molar refractivity (Wildman–Crippen MR) is 157 cm³/mol. The summed E-state index contributed by atoms with van der Waals surface area (Å²) in [5.41, 5.74) is 1.40. The fraction of sp³-hybridized carbons (Fsp3) is 0.548. The van der Waals surface area contributed by atoms with E-state index in [1.807, 2.05) is 42.7 Å². The molecule has 0 N–H and O–H groups in total. The minimum absolute atomic E-state index is 0.0218. The average molecular weight is 559 g/mol. The van der Waals surface area contributed by atoms with Crippen molar-refractivity contribution in [3.05, 3.63) is 69.7 Å². The summed E-state index contributed by atoms with van der Waals surface area (Å²) in [5, 5.41) is 1.45. The van der Waals surface area contributed by atoms with Crippen molar-refractivity contribution in [3.63, 3.8) is 0 Å². The second kappa shape index (κ2) is 12.8. The molecule has 7 heteroatoms. The van der Waals surface area contributed by atoms with Crippen LogP contribution in [0.1, 0.15) is 62.6 Å². The lowest BCUT2D eigenvalue weighted by atomic mass is 9.68. The van der Waals surface area contributed by atoms with E-state index < -0.39 is 5.54 Å². The first-order chi connectivity index (χ1) is 18.3. The summed E-state index contributed by atoms with van der Waals surface area (Å²) in [4.78, 5) is 23.2. The highest BCUT2D eigenvalue weighted by Gasteiger charge is 2.55. The Morgan fingerprint density at radius 2 is 1.66 bits per heavy atom. The van der Waals surface area contributed by atoms with Crippen LogP contribution in [0.25, 0.3) is 0 Å². The third-order valence-electron chi connectivity index (χ3n) is 8.46. The van der Waals surface area contributed by atoms with Crippen molar-refractivity contribution in [2.75, 3.05) is 27.7 Å². The Morgan fingerprint density at radius 1 is 1.05 bits per heavy atom. The van der Waals surface area contributed by atoms with E-state index in [0.29, 0.717) is 29.3 Å². The van der Waals surface area contributed by atoms with Gasteiger partial charge in [0.25, 0.3) is 0 Å². The first-order valence-electron chi connectivity index (χ1n) is 13.8. The van der Waals surface area contributed by atoms with Crippen LogP contribution in [-0.4, -0.2) is 61.4 Å². The van der Waals surface area contributed by atoms with Crippen LogP contribution in [0.15, 0.2) is 53.5 Å². The number of aliphatic imine (C=N–C) groups is 1. The van der Waals surface area contributed by atoms with Gasteiger partial charge in [0, 0.05) is 29.1 Å². The van der Waals surface area contributed by atoms with Crippen LogP contribution >= 0.6 is 23.2 Å². The number of rotatable bonds is 10. The summed E-state index contributed by atoms with van der Waals surface area (Å²) in [7, 11) is 5.81. The van der Waals surface area contributed by atoms with E-state index in [0.717, 1.165) is 55.7 Å². The van der Waals surface area contributed by atoms with Gasteiger partial charge in [-0.2, -0.15) is 0 Å². The molecule has 5 nitrogen and oxygen atoms in total. The lowest BCUT2D eigenvalue weighted by molar-refractivity contribution is -0.149. The minimum Gasteiger partial charge on any atom is -0.467 e. The molecule has 38 heavy (non-hydrogen) atoms. The number of nitrogens with zero attached hydrogens (tertiary/aromatic N) is 3. The Morgan fingerprint density at radius 3 is 2.21 bits per heavy atom. The fourth-order valence-corrected chi connectivity index (χ4v) is 6.96. The number of hydrogen-bond acceptors (Lipinski definition) is 5. The number of hydrogen-bond donors (Lipinski definition) is 0. The summed E-state index contributed by atoms with van der Waals surface area (Å²) in [6.45, 7) is 3.10. The molecule has 0 amide bonds. The van der Waals surface area contributed by atoms with Crippen LogP contribution in [0.2, 0.25) is 10.0 Å². The topological polar surface area (TPSA) is 45.1 Å². The fourth-order valence-electron chi connectivity index (χ4n) is 6.71. The highest BCUT2D eigenvalue weighted by molar-refractivity contribution is 6.30. The number of methoxy groups -OCH3 is 1. The molecule has 1 heterocycles. The molecule has 3 atom stereocenters. The van der Waals surface area contributed by atoms with Crippen molar-refractivity contribution < 1.29 is 9.53 Å². The molecule has 0 bridgehead atoms. The van der Waals surface area contributed by atoms with Gasteiger partial charge in [-0.25, -0.2) is 4.79 Å². The van der Waals surface area contributed by atoms with Crippen LogP contribution in [0.4, 0.5) is 0 Å². The largest absolute Gasteiger partial charge is 0.467 e. The maximum atomic E-state index is 13.5. The molecular weight excluding hydrogens is 517 g/mol. The SMILES string of the molecule is CCCCN1C=NC(Cc2ccc(Cl)cc2)(C(=O)OC)C1C1CCC(C(c2ccc(Cl)cc2)N(C)C)CC1. The van der Waals surface area contributed by atoms with Crippen molar-refractivity contribution in [2.45, 2.75) is 69.5 Å². The zero-order chi connectivity index (χ0) is 27.3. The summed E-state index contributed by atoms with van der Waals surface area (Å²) >= 11 is 12.3. The number of unbranched alkanes of at least 4 members (excludes halogenated alkanes) is 1. The maximum absolute atomic E-state index is 13.5. The zero-order valence-electron chi connectivity index (χ0n) is 23.1. The van der Waals surface area contributed by atoms with Crippen molar-refractivity contribution in [1.29, 1.82) is 0 Å². The number of ether oxygens (including phenoxy) is 1. The van der Waals surface area contributed by atoms with Crippen molar-refractivity contribution in [1.82, 2.24) is 9.80 Å². The Bertz CT molecular complexity index is 1080. The Labute approximate surface area is 238 Å². The molecule has 0 aromatic heterocycles. The zero-order valence-corrected chi connectivity index (χ0v) is 24.6. The quantitative estimate of drug-likeness (QED) is 0.293. The molecule has 206 valence electrons. The Balaban J connectivity index is 1.59. The van der Waals surface area contributed by atoms with Crippen molar-refractivity contribution >= 4 is 35.5 Å². The number of carbonyl (C=O) groups excluding carboxylic acids is 1. The van der Waals surface area contributed by atoms with E-state index >= 15 is 0 Å². The maximum Gasteiger partial charge on any atom is 0.336 e. The lowest BCUT2D eigenvalue weighted by Crippen LogP contribution is -2.57. The highest BCUT2D eigenvalue weighted by atomic mass is 35.5. The molecule has 1 fully saturated rings. The third kappa shape index (κ3) is 6.21. The first kappa shape index (κ1) is 28.9. The molecule has 0 spiro atoms. The van der Waals surface area contributed by atoms with Gasteiger partial charge in [-0.05, 0) is 93.4 Å². The third-order valence-corrected chi connectivity index (χ3v) is 8.96. The summed E-state index contributed by atoms with van der Waals surface area (Å²) in [6.07, 6.45) is 8.91. The molecule has 0 radical (unpaired) electrons. The first-order valence-corrected chi connectivity index (χ1v) is 14.6.